The van der Waals surface area contributed by atoms with Crippen molar-refractivity contribution < 1.29 is 57.6 Å². The number of aldehydes is 1. The number of phosphoric acid groups is 2. The first-order valence-electron chi connectivity index (χ1n) is 5.80. The third-order valence-electron chi connectivity index (χ3n) is 2.25. The molecule has 0 aliphatic heterocycles. The number of aliphatic hydroxyl groups is 3. The Morgan fingerprint density at radius 1 is 1.26 bits per heavy atom. The number of aliphatic hydroxyl groups excluding tert-OH is 3. The number of nitrogens with one attached hydrogen (secondary N) is 1. The quantitative estimate of drug-likeness (QED) is 0.149. The van der Waals surface area contributed by atoms with E-state index in [2.05, 4.69) is 8.83 Å². The summed E-state index contributed by atoms with van der Waals surface area (Å²) in [5.41, 5.74) is 0. The van der Waals surface area contributed by atoms with Crippen LogP contribution in [-0.4, -0.2) is 73.2 Å². The van der Waals surface area contributed by atoms with E-state index in [0.29, 0.717) is 0 Å². The fourth-order valence-corrected chi connectivity index (χ4v) is 3.20. The number of carbonyl (C=O) groups is 2. The molecule has 5 atom stereocenters. The van der Waals surface area contributed by atoms with Crippen LogP contribution in [-0.2, 0) is 27.6 Å². The minimum absolute atomic E-state index is 0.0309. The normalized spacial score (nSPS) is 20.0. The number of rotatable bonds is 10. The van der Waals surface area contributed by atoms with E-state index in [1.165, 1.54) is 0 Å². The standard InChI is InChI=1S/C8H17NO12P2/c1-4(12)9-5(2-10)8(7(14)6(13)3-11)20-23(18,19)21-22(15,16)17/h2,5-8,11,13-14H,3H2,1H3,(H,9,12)(H,18,19)(H2,15,16,17)/t5-,6+,7+,8+/m0/s1. The molecule has 0 aliphatic carbocycles. The van der Waals surface area contributed by atoms with E-state index in [1.54, 1.807) is 0 Å². The SMILES string of the molecule is CC(=O)N[C@@H](C=O)[C@@H](OP(=O)(O)OP(=O)(O)O)[C@H](O)[C@H](O)CO. The number of phosphoric ester groups is 1. The van der Waals surface area contributed by atoms with Gasteiger partial charge in [0.1, 0.15) is 30.6 Å². The lowest BCUT2D eigenvalue weighted by molar-refractivity contribution is -0.129. The highest BCUT2D eigenvalue weighted by Crippen LogP contribution is 2.58. The van der Waals surface area contributed by atoms with Crippen LogP contribution in [0.15, 0.2) is 0 Å². The smallest absolute Gasteiger partial charge is 0.394 e. The molecular formula is C8H17NO12P2. The van der Waals surface area contributed by atoms with Crippen LogP contribution < -0.4 is 5.32 Å². The van der Waals surface area contributed by atoms with Gasteiger partial charge in [-0.05, 0) is 0 Å². The Morgan fingerprint density at radius 3 is 2.13 bits per heavy atom. The summed E-state index contributed by atoms with van der Waals surface area (Å²) in [4.78, 5) is 48.1. The molecule has 23 heavy (non-hydrogen) atoms. The van der Waals surface area contributed by atoms with E-state index in [1.807, 2.05) is 5.32 Å². The minimum Gasteiger partial charge on any atom is -0.394 e. The summed E-state index contributed by atoms with van der Waals surface area (Å²) >= 11 is 0. The van der Waals surface area contributed by atoms with Crippen LogP contribution in [0, 0.1) is 0 Å². The second-order valence-electron chi connectivity index (χ2n) is 4.21. The highest BCUT2D eigenvalue weighted by Gasteiger charge is 2.42. The zero-order chi connectivity index (χ0) is 18.4. The Balaban J connectivity index is 5.49. The van der Waals surface area contributed by atoms with Crippen molar-refractivity contribution in [2.24, 2.45) is 0 Å². The van der Waals surface area contributed by atoms with Gasteiger partial charge in [0.05, 0.1) is 6.61 Å². The van der Waals surface area contributed by atoms with Crippen molar-refractivity contribution >= 4 is 27.8 Å². The summed E-state index contributed by atoms with van der Waals surface area (Å²) in [5, 5.41) is 29.7. The van der Waals surface area contributed by atoms with E-state index in [4.69, 9.17) is 14.9 Å². The monoisotopic (exact) mass is 381 g/mol. The maximum absolute atomic E-state index is 11.5. The van der Waals surface area contributed by atoms with Crippen molar-refractivity contribution in [1.82, 2.24) is 5.32 Å². The van der Waals surface area contributed by atoms with E-state index >= 15 is 0 Å². The van der Waals surface area contributed by atoms with Crippen LogP contribution in [0.3, 0.4) is 0 Å². The van der Waals surface area contributed by atoms with Crippen molar-refractivity contribution in [3.8, 4) is 0 Å². The summed E-state index contributed by atoms with van der Waals surface area (Å²) < 4.78 is 29.8. The molecule has 0 aromatic rings. The second kappa shape index (κ2) is 8.94. The molecule has 0 aliphatic rings. The molecule has 0 fully saturated rings. The van der Waals surface area contributed by atoms with Gasteiger partial charge in [0, 0.05) is 6.92 Å². The molecule has 0 radical (unpaired) electrons. The molecule has 15 heteroatoms. The lowest BCUT2D eigenvalue weighted by Gasteiger charge is -2.30. The van der Waals surface area contributed by atoms with Crippen LogP contribution in [0.2, 0.25) is 0 Å². The highest BCUT2D eigenvalue weighted by molar-refractivity contribution is 7.60. The van der Waals surface area contributed by atoms with Gasteiger partial charge in [-0.2, -0.15) is 4.31 Å². The summed E-state index contributed by atoms with van der Waals surface area (Å²) in [6, 6.07) is -1.80. The molecule has 136 valence electrons. The molecule has 7 N–H and O–H groups in total. The van der Waals surface area contributed by atoms with Gasteiger partial charge in [-0.3, -0.25) is 9.32 Å². The first-order chi connectivity index (χ1) is 10.3. The van der Waals surface area contributed by atoms with Gasteiger partial charge in [0.15, 0.2) is 0 Å². The van der Waals surface area contributed by atoms with Crippen molar-refractivity contribution in [3.63, 3.8) is 0 Å². The minimum atomic E-state index is -5.51. The predicted molar refractivity (Wildman–Crippen MR) is 70.6 cm³/mol. The van der Waals surface area contributed by atoms with Gasteiger partial charge in [-0.25, -0.2) is 9.13 Å². The van der Waals surface area contributed by atoms with Crippen molar-refractivity contribution in [2.45, 2.75) is 31.3 Å². The largest absolute Gasteiger partial charge is 0.481 e. The number of hydrogen-bond acceptors (Lipinski definition) is 9. The highest BCUT2D eigenvalue weighted by atomic mass is 31.3. The Hall–Kier alpha value is -0.720. The third-order valence-corrected chi connectivity index (χ3v) is 4.44. The summed E-state index contributed by atoms with van der Waals surface area (Å²) in [6.45, 7) is -0.102. The Bertz CT molecular complexity index is 505. The van der Waals surface area contributed by atoms with Crippen molar-refractivity contribution in [3.05, 3.63) is 0 Å². The topological polar surface area (TPSA) is 220 Å². The fraction of sp³-hybridized carbons (Fsp3) is 0.750. The number of carbonyl (C=O) groups excluding carboxylic acids is 2. The van der Waals surface area contributed by atoms with Crippen LogP contribution in [0.1, 0.15) is 6.92 Å². The molecule has 0 saturated carbocycles. The molecule has 13 nitrogen and oxygen atoms in total. The molecule has 1 unspecified atom stereocenters. The maximum Gasteiger partial charge on any atom is 0.481 e. The molecular weight excluding hydrogens is 364 g/mol. The van der Waals surface area contributed by atoms with Crippen LogP contribution in [0.4, 0.5) is 0 Å². The molecule has 0 spiro atoms. The fourth-order valence-electron chi connectivity index (χ4n) is 1.40. The van der Waals surface area contributed by atoms with E-state index in [-0.39, 0.29) is 6.29 Å². The van der Waals surface area contributed by atoms with Crippen molar-refractivity contribution in [1.29, 1.82) is 0 Å². The Labute approximate surface area is 129 Å². The number of hydrogen-bond donors (Lipinski definition) is 7. The third kappa shape index (κ3) is 8.63. The van der Waals surface area contributed by atoms with Crippen LogP contribution in [0.5, 0.6) is 0 Å². The Morgan fingerprint density at radius 2 is 1.78 bits per heavy atom. The van der Waals surface area contributed by atoms with E-state index < -0.39 is 52.5 Å². The van der Waals surface area contributed by atoms with E-state index in [9.17, 15) is 33.8 Å². The molecule has 1 amide bonds. The molecule has 0 aromatic heterocycles. The molecule has 0 bridgehead atoms. The lowest BCUT2D eigenvalue weighted by atomic mass is 10.0. The average molecular weight is 381 g/mol. The van der Waals surface area contributed by atoms with Gasteiger partial charge in [-0.15, -0.1) is 0 Å². The summed E-state index contributed by atoms with van der Waals surface area (Å²) in [5.74, 6) is -0.829. The van der Waals surface area contributed by atoms with E-state index in [0.717, 1.165) is 6.92 Å². The molecule has 0 saturated heterocycles. The lowest BCUT2D eigenvalue weighted by Crippen LogP contribution is -2.54. The van der Waals surface area contributed by atoms with Crippen LogP contribution >= 0.6 is 15.6 Å². The van der Waals surface area contributed by atoms with Gasteiger partial charge in [0.25, 0.3) is 0 Å². The van der Waals surface area contributed by atoms with Crippen molar-refractivity contribution in [2.75, 3.05) is 6.61 Å². The molecule has 0 rings (SSSR count). The second-order valence-corrected chi connectivity index (χ2v) is 7.00. The first kappa shape index (κ1) is 22.3. The van der Waals surface area contributed by atoms with Crippen LogP contribution in [0.25, 0.3) is 0 Å². The van der Waals surface area contributed by atoms with Gasteiger partial charge in [-0.1, -0.05) is 0 Å². The Kier molecular flexibility index (Phi) is 8.66. The average Bonchev–Trinajstić information content (AvgIpc) is 2.37. The number of amides is 1. The zero-order valence-corrected chi connectivity index (χ0v) is 13.4. The molecule has 0 aromatic carbocycles. The zero-order valence-electron chi connectivity index (χ0n) is 11.6. The summed E-state index contributed by atoms with van der Waals surface area (Å²) in [7, 11) is -11.0. The van der Waals surface area contributed by atoms with Gasteiger partial charge in [0.2, 0.25) is 5.91 Å². The first-order valence-corrected chi connectivity index (χ1v) is 8.83. The molecule has 0 heterocycles. The van der Waals surface area contributed by atoms with Gasteiger partial charge < -0.3 is 40.1 Å². The summed E-state index contributed by atoms with van der Waals surface area (Å²) in [6.07, 6.45) is -6.35. The predicted octanol–water partition coefficient (Wildman–Crippen LogP) is -3.00. The van der Waals surface area contributed by atoms with Gasteiger partial charge >= 0.3 is 15.6 Å². The maximum atomic E-state index is 11.5.